The second-order valence-corrected chi connectivity index (χ2v) is 3.88. The van der Waals surface area contributed by atoms with Gasteiger partial charge in [0.05, 0.1) is 5.41 Å². The lowest BCUT2D eigenvalue weighted by molar-refractivity contribution is -0.128. The first-order chi connectivity index (χ1) is 5.02. The van der Waals surface area contributed by atoms with Gasteiger partial charge in [0.15, 0.2) is 0 Å². The summed E-state index contributed by atoms with van der Waals surface area (Å²) in [5.74, 6) is 0.168. The molecular weight excluding hydrogens is 140 g/mol. The summed E-state index contributed by atoms with van der Waals surface area (Å²) in [6, 6.07) is 0. The van der Waals surface area contributed by atoms with Gasteiger partial charge in [0, 0.05) is 19.6 Å². The molecule has 3 heteroatoms. The average Bonchev–Trinajstić information content (AvgIpc) is 1.93. The van der Waals surface area contributed by atoms with Crippen LogP contribution in [0, 0.1) is 5.41 Å². The quantitative estimate of drug-likeness (QED) is 0.538. The maximum Gasteiger partial charge on any atom is 0.226 e. The molecule has 0 unspecified atom stereocenters. The van der Waals surface area contributed by atoms with E-state index in [0.29, 0.717) is 0 Å². The normalized spacial score (nSPS) is 25.9. The summed E-state index contributed by atoms with van der Waals surface area (Å²) in [6.45, 7) is 6.53. The summed E-state index contributed by atoms with van der Waals surface area (Å²) in [7, 11) is 2.04. The van der Waals surface area contributed by atoms with Crippen LogP contribution in [-0.4, -0.2) is 37.5 Å². The summed E-state index contributed by atoms with van der Waals surface area (Å²) >= 11 is 0. The van der Waals surface area contributed by atoms with Gasteiger partial charge in [0.25, 0.3) is 0 Å². The standard InChI is InChI=1S/C8H16N2O/c1-8(2)6-10(3)5-4-9-7(8)11/h4-6H2,1-3H3,(H,9,11). The van der Waals surface area contributed by atoms with Crippen LogP contribution in [0.15, 0.2) is 0 Å². The van der Waals surface area contributed by atoms with Gasteiger partial charge in [0.2, 0.25) is 5.91 Å². The largest absolute Gasteiger partial charge is 0.354 e. The van der Waals surface area contributed by atoms with E-state index in [-0.39, 0.29) is 11.3 Å². The van der Waals surface area contributed by atoms with E-state index in [1.165, 1.54) is 0 Å². The maximum absolute atomic E-state index is 11.3. The van der Waals surface area contributed by atoms with Gasteiger partial charge < -0.3 is 10.2 Å². The first kappa shape index (κ1) is 8.53. The van der Waals surface area contributed by atoms with Gasteiger partial charge in [-0.05, 0) is 20.9 Å². The molecule has 11 heavy (non-hydrogen) atoms. The zero-order valence-corrected chi connectivity index (χ0v) is 7.48. The Morgan fingerprint density at radius 2 is 2.18 bits per heavy atom. The van der Waals surface area contributed by atoms with Crippen molar-refractivity contribution in [1.29, 1.82) is 0 Å². The van der Waals surface area contributed by atoms with Gasteiger partial charge >= 0.3 is 0 Å². The minimum absolute atomic E-state index is 0.168. The summed E-state index contributed by atoms with van der Waals surface area (Å²) in [6.07, 6.45) is 0. The highest BCUT2D eigenvalue weighted by atomic mass is 16.2. The molecule has 1 N–H and O–H groups in total. The fraction of sp³-hybridized carbons (Fsp3) is 0.875. The van der Waals surface area contributed by atoms with E-state index in [9.17, 15) is 4.79 Å². The number of carbonyl (C=O) groups is 1. The van der Waals surface area contributed by atoms with E-state index >= 15 is 0 Å². The number of nitrogens with one attached hydrogen (secondary N) is 1. The summed E-state index contributed by atoms with van der Waals surface area (Å²) in [5.41, 5.74) is -0.231. The van der Waals surface area contributed by atoms with Gasteiger partial charge in [0.1, 0.15) is 0 Å². The molecule has 0 aromatic rings. The van der Waals surface area contributed by atoms with E-state index in [1.807, 2.05) is 20.9 Å². The second kappa shape index (κ2) is 2.81. The van der Waals surface area contributed by atoms with Crippen LogP contribution in [0.4, 0.5) is 0 Å². The highest BCUT2D eigenvalue weighted by molar-refractivity contribution is 5.82. The lowest BCUT2D eigenvalue weighted by Gasteiger charge is -2.23. The van der Waals surface area contributed by atoms with Gasteiger partial charge in [-0.15, -0.1) is 0 Å². The number of hydrogen-bond acceptors (Lipinski definition) is 2. The van der Waals surface area contributed by atoms with Gasteiger partial charge in [-0.25, -0.2) is 0 Å². The summed E-state index contributed by atoms with van der Waals surface area (Å²) < 4.78 is 0. The molecule has 1 aliphatic heterocycles. The molecule has 64 valence electrons. The molecule has 0 aromatic heterocycles. The van der Waals surface area contributed by atoms with Crippen molar-refractivity contribution in [3.05, 3.63) is 0 Å². The molecule has 0 radical (unpaired) electrons. The van der Waals surface area contributed by atoms with Crippen molar-refractivity contribution < 1.29 is 4.79 Å². The number of hydrogen-bond donors (Lipinski definition) is 1. The molecular formula is C8H16N2O. The van der Waals surface area contributed by atoms with E-state index in [4.69, 9.17) is 0 Å². The second-order valence-electron chi connectivity index (χ2n) is 3.88. The number of nitrogens with zero attached hydrogens (tertiary/aromatic N) is 1. The number of likely N-dealkylation sites (N-methyl/N-ethyl adjacent to an activating group) is 1. The first-order valence-corrected chi connectivity index (χ1v) is 3.99. The fourth-order valence-electron chi connectivity index (χ4n) is 1.43. The molecule has 1 heterocycles. The molecule has 1 rings (SSSR count). The minimum Gasteiger partial charge on any atom is -0.354 e. The molecule has 0 aliphatic carbocycles. The van der Waals surface area contributed by atoms with Crippen LogP contribution in [0.5, 0.6) is 0 Å². The van der Waals surface area contributed by atoms with Gasteiger partial charge in [-0.1, -0.05) is 0 Å². The first-order valence-electron chi connectivity index (χ1n) is 3.99. The predicted molar refractivity (Wildman–Crippen MR) is 44.3 cm³/mol. The van der Waals surface area contributed by atoms with E-state index in [0.717, 1.165) is 19.6 Å². The predicted octanol–water partition coefficient (Wildman–Crippen LogP) is 0.0742. The third-order valence-electron chi connectivity index (χ3n) is 2.06. The van der Waals surface area contributed by atoms with Crippen molar-refractivity contribution in [2.75, 3.05) is 26.7 Å². The Kier molecular flexibility index (Phi) is 2.18. The topological polar surface area (TPSA) is 32.3 Å². The van der Waals surface area contributed by atoms with Crippen molar-refractivity contribution in [3.8, 4) is 0 Å². The minimum atomic E-state index is -0.231. The fourth-order valence-corrected chi connectivity index (χ4v) is 1.43. The molecule has 0 atom stereocenters. The van der Waals surface area contributed by atoms with Crippen LogP contribution in [0.1, 0.15) is 13.8 Å². The Hall–Kier alpha value is -0.570. The number of amides is 1. The van der Waals surface area contributed by atoms with Crippen LogP contribution in [0.2, 0.25) is 0 Å². The third-order valence-corrected chi connectivity index (χ3v) is 2.06. The van der Waals surface area contributed by atoms with Crippen molar-refractivity contribution in [2.24, 2.45) is 5.41 Å². The Morgan fingerprint density at radius 1 is 1.55 bits per heavy atom. The molecule has 0 bridgehead atoms. The monoisotopic (exact) mass is 156 g/mol. The molecule has 0 spiro atoms. The highest BCUT2D eigenvalue weighted by Gasteiger charge is 2.30. The van der Waals surface area contributed by atoms with Crippen LogP contribution < -0.4 is 5.32 Å². The van der Waals surface area contributed by atoms with Crippen LogP contribution in [0.3, 0.4) is 0 Å². The van der Waals surface area contributed by atoms with Crippen LogP contribution in [0.25, 0.3) is 0 Å². The Bertz CT molecular complexity index is 165. The van der Waals surface area contributed by atoms with E-state index < -0.39 is 0 Å². The highest BCUT2D eigenvalue weighted by Crippen LogP contribution is 2.17. The van der Waals surface area contributed by atoms with Gasteiger partial charge in [-0.2, -0.15) is 0 Å². The Labute approximate surface area is 67.8 Å². The zero-order chi connectivity index (χ0) is 8.48. The third kappa shape index (κ3) is 1.93. The molecule has 3 nitrogen and oxygen atoms in total. The Morgan fingerprint density at radius 3 is 2.82 bits per heavy atom. The van der Waals surface area contributed by atoms with Crippen molar-refractivity contribution >= 4 is 5.91 Å². The molecule has 1 fully saturated rings. The van der Waals surface area contributed by atoms with Crippen LogP contribution >= 0.6 is 0 Å². The lowest BCUT2D eigenvalue weighted by atomic mass is 9.92. The van der Waals surface area contributed by atoms with Crippen molar-refractivity contribution in [2.45, 2.75) is 13.8 Å². The Balaban J connectivity index is 2.68. The molecule has 1 aliphatic rings. The zero-order valence-electron chi connectivity index (χ0n) is 7.48. The lowest BCUT2D eigenvalue weighted by Crippen LogP contribution is -2.38. The molecule has 1 amide bonds. The SMILES string of the molecule is CN1CCNC(=O)C(C)(C)C1. The van der Waals surface area contributed by atoms with E-state index in [1.54, 1.807) is 0 Å². The molecule has 0 aromatic carbocycles. The summed E-state index contributed by atoms with van der Waals surface area (Å²) in [4.78, 5) is 13.5. The summed E-state index contributed by atoms with van der Waals surface area (Å²) in [5, 5.41) is 2.88. The average molecular weight is 156 g/mol. The maximum atomic E-state index is 11.3. The van der Waals surface area contributed by atoms with Crippen molar-refractivity contribution in [1.82, 2.24) is 10.2 Å². The van der Waals surface area contributed by atoms with E-state index in [2.05, 4.69) is 10.2 Å². The van der Waals surface area contributed by atoms with Crippen LogP contribution in [-0.2, 0) is 4.79 Å². The number of carbonyl (C=O) groups excluding carboxylic acids is 1. The van der Waals surface area contributed by atoms with Gasteiger partial charge in [-0.3, -0.25) is 4.79 Å². The molecule has 1 saturated heterocycles. The smallest absolute Gasteiger partial charge is 0.226 e. The van der Waals surface area contributed by atoms with Crippen molar-refractivity contribution in [3.63, 3.8) is 0 Å². The number of rotatable bonds is 0. The molecule has 0 saturated carbocycles.